The second-order valence-corrected chi connectivity index (χ2v) is 5.80. The van der Waals surface area contributed by atoms with Crippen molar-refractivity contribution in [3.05, 3.63) is 77.5 Å². The molecule has 1 N–H and O–H groups in total. The van der Waals surface area contributed by atoms with E-state index in [0.29, 0.717) is 24.5 Å². The molecule has 1 aromatic heterocycles. The number of aryl methyl sites for hydroxylation is 1. The van der Waals surface area contributed by atoms with Crippen LogP contribution in [0.15, 0.2) is 60.8 Å². The van der Waals surface area contributed by atoms with Gasteiger partial charge in [0, 0.05) is 17.8 Å². The number of anilines is 1. The fourth-order valence-electron chi connectivity index (χ4n) is 2.45. The van der Waals surface area contributed by atoms with Crippen LogP contribution in [-0.2, 0) is 6.54 Å². The molecule has 0 saturated carbocycles. The van der Waals surface area contributed by atoms with E-state index in [2.05, 4.69) is 41.6 Å². The lowest BCUT2D eigenvalue weighted by Gasteiger charge is -2.05. The second-order valence-electron chi connectivity index (χ2n) is 5.80. The van der Waals surface area contributed by atoms with Crippen LogP contribution >= 0.6 is 0 Å². The Hall–Kier alpha value is -3.08. The molecule has 0 fully saturated rings. The van der Waals surface area contributed by atoms with Crippen molar-refractivity contribution in [2.24, 2.45) is 0 Å². The van der Waals surface area contributed by atoms with Crippen molar-refractivity contribution < 1.29 is 9.53 Å². The standard InChI is InChI=1S/C20H21N3O2/c1-3-25-18-10-8-17(9-11-18)20(24)21-19-12-13-23(22-19)14-16-6-4-15(2)5-7-16/h4-13H,3,14H2,1-2H3,(H,21,22,24). The number of hydrogen-bond donors (Lipinski definition) is 1. The van der Waals surface area contributed by atoms with Gasteiger partial charge in [-0.15, -0.1) is 0 Å². The minimum atomic E-state index is -0.191. The lowest BCUT2D eigenvalue weighted by atomic mass is 10.1. The van der Waals surface area contributed by atoms with E-state index in [0.717, 1.165) is 11.3 Å². The van der Waals surface area contributed by atoms with E-state index in [9.17, 15) is 4.79 Å². The van der Waals surface area contributed by atoms with Gasteiger partial charge >= 0.3 is 0 Å². The van der Waals surface area contributed by atoms with Crippen molar-refractivity contribution in [2.75, 3.05) is 11.9 Å². The van der Waals surface area contributed by atoms with Crippen LogP contribution in [-0.4, -0.2) is 22.3 Å². The third kappa shape index (κ3) is 4.47. The lowest BCUT2D eigenvalue weighted by molar-refractivity contribution is 0.102. The summed E-state index contributed by atoms with van der Waals surface area (Å²) >= 11 is 0. The van der Waals surface area contributed by atoms with Gasteiger partial charge in [-0.1, -0.05) is 29.8 Å². The third-order valence-electron chi connectivity index (χ3n) is 3.77. The van der Waals surface area contributed by atoms with Crippen LogP contribution in [0.4, 0.5) is 5.82 Å². The molecule has 0 unspecified atom stereocenters. The monoisotopic (exact) mass is 335 g/mol. The molecule has 2 aromatic carbocycles. The molecule has 0 saturated heterocycles. The Morgan fingerprint density at radius 2 is 1.80 bits per heavy atom. The van der Waals surface area contributed by atoms with Gasteiger partial charge in [-0.2, -0.15) is 5.10 Å². The van der Waals surface area contributed by atoms with Crippen LogP contribution in [0.5, 0.6) is 5.75 Å². The Kier molecular flexibility index (Phi) is 5.14. The molecule has 1 heterocycles. The summed E-state index contributed by atoms with van der Waals surface area (Å²) in [5, 5.41) is 7.21. The van der Waals surface area contributed by atoms with E-state index in [-0.39, 0.29) is 5.91 Å². The highest BCUT2D eigenvalue weighted by molar-refractivity contribution is 6.03. The van der Waals surface area contributed by atoms with Crippen LogP contribution in [0.2, 0.25) is 0 Å². The third-order valence-corrected chi connectivity index (χ3v) is 3.77. The van der Waals surface area contributed by atoms with Crippen molar-refractivity contribution in [3.63, 3.8) is 0 Å². The average molecular weight is 335 g/mol. The van der Waals surface area contributed by atoms with Crippen LogP contribution in [0.25, 0.3) is 0 Å². The Morgan fingerprint density at radius 1 is 1.08 bits per heavy atom. The molecule has 5 heteroatoms. The van der Waals surface area contributed by atoms with Crippen molar-refractivity contribution >= 4 is 11.7 Å². The Balaban J connectivity index is 1.62. The van der Waals surface area contributed by atoms with Crippen LogP contribution in [0.3, 0.4) is 0 Å². The van der Waals surface area contributed by atoms with Crippen LogP contribution < -0.4 is 10.1 Å². The summed E-state index contributed by atoms with van der Waals surface area (Å²) in [6.45, 7) is 5.25. The number of carbonyl (C=O) groups excluding carboxylic acids is 1. The normalized spacial score (nSPS) is 10.5. The van der Waals surface area contributed by atoms with Gasteiger partial charge < -0.3 is 10.1 Å². The van der Waals surface area contributed by atoms with Gasteiger partial charge in [0.25, 0.3) is 5.91 Å². The molecule has 3 rings (SSSR count). The molecule has 0 aliphatic heterocycles. The zero-order chi connectivity index (χ0) is 17.6. The van der Waals surface area contributed by atoms with Crippen molar-refractivity contribution in [2.45, 2.75) is 20.4 Å². The van der Waals surface area contributed by atoms with Gasteiger partial charge in [0.1, 0.15) is 5.75 Å². The van der Waals surface area contributed by atoms with Crippen LogP contribution in [0, 0.1) is 6.92 Å². The molecular weight excluding hydrogens is 314 g/mol. The maximum absolute atomic E-state index is 12.3. The number of amides is 1. The lowest BCUT2D eigenvalue weighted by Crippen LogP contribution is -2.12. The molecule has 0 bridgehead atoms. The van der Waals surface area contributed by atoms with E-state index in [4.69, 9.17) is 4.74 Å². The van der Waals surface area contributed by atoms with Gasteiger partial charge in [-0.25, -0.2) is 0 Å². The van der Waals surface area contributed by atoms with E-state index >= 15 is 0 Å². The first-order valence-electron chi connectivity index (χ1n) is 8.27. The van der Waals surface area contributed by atoms with Gasteiger partial charge in [0.2, 0.25) is 0 Å². The molecule has 0 aliphatic carbocycles. The Bertz CT molecular complexity index is 836. The molecule has 0 radical (unpaired) electrons. The molecule has 1 amide bonds. The number of aromatic nitrogens is 2. The molecule has 128 valence electrons. The maximum Gasteiger partial charge on any atom is 0.256 e. The zero-order valence-electron chi connectivity index (χ0n) is 14.4. The number of hydrogen-bond acceptors (Lipinski definition) is 3. The summed E-state index contributed by atoms with van der Waals surface area (Å²) < 4.78 is 7.18. The summed E-state index contributed by atoms with van der Waals surface area (Å²) in [6, 6.07) is 17.2. The highest BCUT2D eigenvalue weighted by Crippen LogP contribution is 2.14. The molecule has 0 aliphatic rings. The SMILES string of the molecule is CCOc1ccc(C(=O)Nc2ccn(Cc3ccc(C)cc3)n2)cc1. The first kappa shape index (κ1) is 16.8. The minimum absolute atomic E-state index is 0.191. The summed E-state index contributed by atoms with van der Waals surface area (Å²) in [7, 11) is 0. The summed E-state index contributed by atoms with van der Waals surface area (Å²) in [5.41, 5.74) is 2.96. The molecule has 5 nitrogen and oxygen atoms in total. The van der Waals surface area contributed by atoms with Gasteiger partial charge in [0.15, 0.2) is 5.82 Å². The first-order valence-corrected chi connectivity index (χ1v) is 8.27. The summed E-state index contributed by atoms with van der Waals surface area (Å²) in [6.07, 6.45) is 1.85. The molecular formula is C20H21N3O2. The smallest absolute Gasteiger partial charge is 0.256 e. The van der Waals surface area contributed by atoms with Crippen LogP contribution in [0.1, 0.15) is 28.4 Å². The first-order chi connectivity index (χ1) is 12.1. The number of nitrogens with one attached hydrogen (secondary N) is 1. The Labute approximate surface area is 147 Å². The predicted octanol–water partition coefficient (Wildman–Crippen LogP) is 3.89. The summed E-state index contributed by atoms with van der Waals surface area (Å²) in [5.74, 6) is 1.09. The van der Waals surface area contributed by atoms with Crippen molar-refractivity contribution in [1.82, 2.24) is 9.78 Å². The fourth-order valence-corrected chi connectivity index (χ4v) is 2.45. The predicted molar refractivity (Wildman–Crippen MR) is 98.1 cm³/mol. The topological polar surface area (TPSA) is 56.1 Å². The van der Waals surface area contributed by atoms with Gasteiger partial charge in [-0.3, -0.25) is 9.48 Å². The number of rotatable bonds is 6. The minimum Gasteiger partial charge on any atom is -0.494 e. The number of nitrogens with zero attached hydrogens (tertiary/aromatic N) is 2. The van der Waals surface area contributed by atoms with Crippen molar-refractivity contribution in [1.29, 1.82) is 0 Å². The highest BCUT2D eigenvalue weighted by atomic mass is 16.5. The van der Waals surface area contributed by atoms with Gasteiger partial charge in [-0.05, 0) is 43.7 Å². The van der Waals surface area contributed by atoms with Gasteiger partial charge in [0.05, 0.1) is 13.2 Å². The number of carbonyl (C=O) groups is 1. The van der Waals surface area contributed by atoms with E-state index < -0.39 is 0 Å². The fraction of sp³-hybridized carbons (Fsp3) is 0.200. The quantitative estimate of drug-likeness (QED) is 0.743. The second kappa shape index (κ2) is 7.66. The number of benzene rings is 2. The molecule has 25 heavy (non-hydrogen) atoms. The average Bonchev–Trinajstić information content (AvgIpc) is 3.05. The maximum atomic E-state index is 12.3. The summed E-state index contributed by atoms with van der Waals surface area (Å²) in [4.78, 5) is 12.3. The highest BCUT2D eigenvalue weighted by Gasteiger charge is 2.08. The molecule has 0 atom stereocenters. The molecule has 0 spiro atoms. The largest absolute Gasteiger partial charge is 0.494 e. The van der Waals surface area contributed by atoms with E-state index in [1.807, 2.05) is 13.1 Å². The molecule has 3 aromatic rings. The number of ether oxygens (including phenoxy) is 1. The van der Waals surface area contributed by atoms with E-state index in [1.54, 1.807) is 35.0 Å². The van der Waals surface area contributed by atoms with E-state index in [1.165, 1.54) is 5.56 Å². The van der Waals surface area contributed by atoms with Crippen molar-refractivity contribution in [3.8, 4) is 5.75 Å². The zero-order valence-corrected chi connectivity index (χ0v) is 14.4. The Morgan fingerprint density at radius 3 is 2.48 bits per heavy atom.